The zero-order valence-electron chi connectivity index (χ0n) is 25.7. The summed E-state index contributed by atoms with van der Waals surface area (Å²) in [5.41, 5.74) is 1.61. The lowest BCUT2D eigenvalue weighted by Gasteiger charge is -2.38. The zero-order valence-corrected chi connectivity index (χ0v) is 25.7. The molecule has 0 spiro atoms. The normalized spacial score (nSPS) is 32.2. The quantitative estimate of drug-likeness (QED) is 0.131. The molecule has 0 radical (unpaired) electrons. The molecule has 2 saturated heterocycles. The van der Waals surface area contributed by atoms with E-state index < -0.39 is 73.4 Å². The van der Waals surface area contributed by atoms with E-state index in [2.05, 4.69) is 0 Å². The van der Waals surface area contributed by atoms with E-state index in [1.807, 2.05) is 13.8 Å². The number of hydrogen-bond acceptors (Lipinski definition) is 14. The van der Waals surface area contributed by atoms with Crippen LogP contribution in [0.1, 0.15) is 25.0 Å². The summed E-state index contributed by atoms with van der Waals surface area (Å²) in [6, 6.07) is 9.56. The van der Waals surface area contributed by atoms with Crippen molar-refractivity contribution in [2.24, 2.45) is 11.8 Å². The van der Waals surface area contributed by atoms with Crippen LogP contribution in [-0.4, -0.2) is 126 Å². The number of phenolic OH excluding ortho intramolecular Hbond substituents is 1. The number of rotatable bonds is 12. The summed E-state index contributed by atoms with van der Waals surface area (Å²) in [5, 5.41) is 89.3. The van der Waals surface area contributed by atoms with Gasteiger partial charge in [-0.25, -0.2) is 9.59 Å². The number of hydrogen-bond donors (Lipinski definition) is 9. The fourth-order valence-electron chi connectivity index (χ4n) is 5.42. The van der Waals surface area contributed by atoms with Crippen molar-refractivity contribution in [2.45, 2.75) is 88.1 Å². The number of ether oxygens (including phenoxy) is 5. The Hall–Kier alpha value is -3.74. The van der Waals surface area contributed by atoms with Crippen LogP contribution < -0.4 is 14.2 Å². The van der Waals surface area contributed by atoms with Crippen molar-refractivity contribution in [3.63, 3.8) is 0 Å². The molecule has 12 unspecified atom stereocenters. The first kappa shape index (κ1) is 36.1. The monoisotopic (exact) mass is 668 g/mol. The van der Waals surface area contributed by atoms with Gasteiger partial charge in [0, 0.05) is 0 Å². The van der Waals surface area contributed by atoms with Crippen molar-refractivity contribution in [3.8, 4) is 23.0 Å². The van der Waals surface area contributed by atoms with Crippen molar-refractivity contribution in [3.05, 3.63) is 47.5 Å². The largest absolute Gasteiger partial charge is 0.504 e. The van der Waals surface area contributed by atoms with Gasteiger partial charge in [0.15, 0.2) is 35.2 Å². The van der Waals surface area contributed by atoms with E-state index in [-0.39, 0.29) is 34.8 Å². The Morgan fingerprint density at radius 3 is 1.51 bits per heavy atom. The van der Waals surface area contributed by atoms with Gasteiger partial charge in [-0.1, -0.05) is 26.0 Å². The van der Waals surface area contributed by atoms with Gasteiger partial charge in [-0.2, -0.15) is 0 Å². The van der Waals surface area contributed by atoms with E-state index in [0.717, 1.165) is 11.1 Å². The highest BCUT2D eigenvalue weighted by atomic mass is 16.7. The van der Waals surface area contributed by atoms with Gasteiger partial charge in [0.25, 0.3) is 0 Å². The van der Waals surface area contributed by atoms with Crippen LogP contribution >= 0.6 is 0 Å². The van der Waals surface area contributed by atoms with Crippen molar-refractivity contribution in [1.82, 2.24) is 0 Å². The Morgan fingerprint density at radius 1 is 0.660 bits per heavy atom. The van der Waals surface area contributed by atoms with Gasteiger partial charge in [0.1, 0.15) is 36.6 Å². The highest BCUT2D eigenvalue weighted by molar-refractivity contribution is 5.74. The minimum absolute atomic E-state index is 0.0891. The second kappa shape index (κ2) is 15.0. The second-order valence-electron chi connectivity index (χ2n) is 11.9. The first-order valence-corrected chi connectivity index (χ1v) is 14.8. The summed E-state index contributed by atoms with van der Waals surface area (Å²) < 4.78 is 26.8. The van der Waals surface area contributed by atoms with Crippen molar-refractivity contribution in [1.29, 1.82) is 0 Å². The van der Waals surface area contributed by atoms with Crippen LogP contribution in [0, 0.1) is 11.8 Å². The molecule has 2 aliphatic rings. The molecule has 2 aliphatic heterocycles. The molecule has 0 amide bonds. The number of aliphatic hydroxyl groups is 6. The lowest BCUT2D eigenvalue weighted by Crippen LogP contribution is -2.61. The number of aromatic hydroxyl groups is 1. The average molecular weight is 669 g/mol. The van der Waals surface area contributed by atoms with E-state index in [4.69, 9.17) is 23.7 Å². The molecular weight excluding hydrogens is 628 g/mol. The number of aliphatic carboxylic acids is 2. The Morgan fingerprint density at radius 2 is 1.09 bits per heavy atom. The van der Waals surface area contributed by atoms with Gasteiger partial charge in [-0.15, -0.1) is 0 Å². The van der Waals surface area contributed by atoms with Crippen molar-refractivity contribution in [2.75, 3.05) is 7.11 Å². The van der Waals surface area contributed by atoms with Crippen molar-refractivity contribution < 1.29 is 79.2 Å². The zero-order chi connectivity index (χ0) is 34.7. The molecule has 260 valence electrons. The molecule has 0 bridgehead atoms. The molecule has 0 aromatic heterocycles. The highest BCUT2D eigenvalue weighted by Gasteiger charge is 2.49. The highest BCUT2D eigenvalue weighted by Crippen LogP contribution is 2.35. The van der Waals surface area contributed by atoms with E-state index >= 15 is 0 Å². The van der Waals surface area contributed by atoms with Crippen LogP contribution in [0.3, 0.4) is 0 Å². The van der Waals surface area contributed by atoms with Crippen LogP contribution in [0.25, 0.3) is 0 Å². The van der Waals surface area contributed by atoms with Crippen LogP contribution in [0.5, 0.6) is 23.0 Å². The number of carboxylic acids is 2. The topological polar surface area (TPSA) is 262 Å². The van der Waals surface area contributed by atoms with E-state index in [9.17, 15) is 55.5 Å². The average Bonchev–Trinajstić information content (AvgIpc) is 3.02. The summed E-state index contributed by atoms with van der Waals surface area (Å²) in [7, 11) is 1.39. The molecule has 2 fully saturated rings. The van der Waals surface area contributed by atoms with Gasteiger partial charge in [0.05, 0.1) is 7.11 Å². The lowest BCUT2D eigenvalue weighted by atomic mass is 9.85. The molecule has 12 atom stereocenters. The number of carboxylic acid groups (broad SMARTS) is 2. The summed E-state index contributed by atoms with van der Waals surface area (Å²) >= 11 is 0. The van der Waals surface area contributed by atoms with Gasteiger partial charge in [-0.05, 0) is 60.1 Å². The number of benzene rings is 2. The lowest BCUT2D eigenvalue weighted by molar-refractivity contribution is -0.271. The van der Waals surface area contributed by atoms with E-state index in [1.165, 1.54) is 19.2 Å². The van der Waals surface area contributed by atoms with Crippen LogP contribution in [0.2, 0.25) is 0 Å². The molecule has 2 heterocycles. The molecule has 0 aliphatic carbocycles. The fourth-order valence-corrected chi connectivity index (χ4v) is 5.42. The third kappa shape index (κ3) is 8.05. The van der Waals surface area contributed by atoms with Crippen molar-refractivity contribution >= 4 is 11.9 Å². The minimum atomic E-state index is -1.88. The summed E-state index contributed by atoms with van der Waals surface area (Å²) in [5.74, 6) is -2.97. The molecule has 4 rings (SSSR count). The predicted molar refractivity (Wildman–Crippen MR) is 157 cm³/mol. The molecule has 2 aromatic carbocycles. The van der Waals surface area contributed by atoms with Crippen LogP contribution in [0.4, 0.5) is 0 Å². The molecule has 2 aromatic rings. The Kier molecular flexibility index (Phi) is 11.5. The molecule has 16 nitrogen and oxygen atoms in total. The van der Waals surface area contributed by atoms with Crippen LogP contribution in [0.15, 0.2) is 36.4 Å². The summed E-state index contributed by atoms with van der Waals surface area (Å²) in [6.45, 7) is 4.05. The Labute approximate surface area is 268 Å². The summed E-state index contributed by atoms with van der Waals surface area (Å²) in [4.78, 5) is 22.7. The first-order valence-electron chi connectivity index (χ1n) is 14.8. The third-order valence-electron chi connectivity index (χ3n) is 8.45. The number of phenols is 1. The van der Waals surface area contributed by atoms with E-state index in [0.29, 0.717) is 12.8 Å². The Balaban J connectivity index is 1.37. The standard InChI is InChI=1S/C31H40O16/c1-12(8-14-4-6-17(16(32)10-14)44-30-24(37)20(33)22(35)26(46-30)28(39)40)13(2)9-15-5-7-18(19(11-15)43-3)45-31-25(38)21(34)23(36)27(47-31)29(41)42/h4-7,10-13,20-27,30-38H,8-9H2,1-3H3,(H,39,40)(H,41,42). The number of methoxy groups -OCH3 is 1. The van der Waals surface area contributed by atoms with Crippen LogP contribution in [-0.2, 0) is 31.9 Å². The Bertz CT molecular complexity index is 1400. The third-order valence-corrected chi connectivity index (χ3v) is 8.45. The van der Waals surface area contributed by atoms with E-state index in [1.54, 1.807) is 24.3 Å². The van der Waals surface area contributed by atoms with Gasteiger partial charge in [0.2, 0.25) is 12.6 Å². The fraction of sp³-hybridized carbons (Fsp3) is 0.548. The summed E-state index contributed by atoms with van der Waals surface area (Å²) in [6.07, 6.45) is -16.7. The van der Waals surface area contributed by atoms with Gasteiger partial charge < -0.3 is 69.6 Å². The smallest absolute Gasteiger partial charge is 0.335 e. The second-order valence-corrected chi connectivity index (χ2v) is 11.9. The first-order chi connectivity index (χ1) is 22.1. The number of carbonyl (C=O) groups is 2. The minimum Gasteiger partial charge on any atom is -0.504 e. The van der Waals surface area contributed by atoms with Gasteiger partial charge in [-0.3, -0.25) is 0 Å². The maximum Gasteiger partial charge on any atom is 0.335 e. The van der Waals surface area contributed by atoms with Gasteiger partial charge >= 0.3 is 11.9 Å². The predicted octanol–water partition coefficient (Wildman–Crippen LogP) is -1.000. The molecule has 47 heavy (non-hydrogen) atoms. The maximum atomic E-state index is 11.4. The number of aliphatic hydroxyl groups excluding tert-OH is 6. The maximum absolute atomic E-state index is 11.4. The SMILES string of the molecule is COc1cc(CC(C)C(C)Cc2ccc(OC3OC(C(=O)O)C(O)C(O)C3O)c(O)c2)ccc1OC1OC(C(=O)O)C(O)C(O)C1O. The molecular formula is C31H40O16. The molecule has 16 heteroatoms. The molecule has 9 N–H and O–H groups in total. The molecule has 0 saturated carbocycles.